The second-order valence-corrected chi connectivity index (χ2v) is 5.37. The van der Waals surface area contributed by atoms with Crippen molar-refractivity contribution in [2.75, 3.05) is 5.75 Å². The molecule has 0 saturated heterocycles. The molecule has 1 aromatic heterocycles. The molecule has 2 rings (SSSR count). The highest BCUT2D eigenvalue weighted by molar-refractivity contribution is 8.00. The van der Waals surface area contributed by atoms with Crippen LogP contribution in [0.3, 0.4) is 0 Å². The molecule has 1 aromatic carbocycles. The molecular formula is C14H14O3S. The molecule has 0 unspecified atom stereocenters. The zero-order valence-corrected chi connectivity index (χ0v) is 11.4. The predicted octanol–water partition coefficient (Wildman–Crippen LogP) is 3.09. The van der Waals surface area contributed by atoms with E-state index in [9.17, 15) is 9.59 Å². The molecule has 0 amide bonds. The Hall–Kier alpha value is -1.55. The van der Waals surface area contributed by atoms with E-state index < -0.39 is 0 Å². The first-order valence-corrected chi connectivity index (χ1v) is 6.63. The van der Waals surface area contributed by atoms with Crippen LogP contribution in [0.4, 0.5) is 0 Å². The van der Waals surface area contributed by atoms with Gasteiger partial charge in [0.05, 0.1) is 5.75 Å². The van der Waals surface area contributed by atoms with Crippen molar-refractivity contribution in [2.24, 2.45) is 0 Å². The number of carbonyl (C=O) groups excluding carboxylic acids is 1. The number of Topliss-reactive ketones (excluding diaryl/α,β-unsaturated/α-hetero) is 1. The number of aryl methyl sites for hydroxylation is 2. The maximum absolute atomic E-state index is 11.3. The van der Waals surface area contributed by atoms with E-state index in [1.807, 2.05) is 26.0 Å². The van der Waals surface area contributed by atoms with Crippen molar-refractivity contribution in [2.45, 2.75) is 25.7 Å². The smallest absolute Gasteiger partial charge is 0.336 e. The van der Waals surface area contributed by atoms with Gasteiger partial charge in [0.25, 0.3) is 0 Å². The Labute approximate surface area is 109 Å². The Kier molecular flexibility index (Phi) is 3.57. The third-order valence-electron chi connectivity index (χ3n) is 2.68. The zero-order chi connectivity index (χ0) is 13.3. The van der Waals surface area contributed by atoms with Crippen molar-refractivity contribution >= 4 is 28.5 Å². The number of hydrogen-bond donors (Lipinski definition) is 0. The van der Waals surface area contributed by atoms with E-state index in [1.165, 1.54) is 17.8 Å². The average Bonchev–Trinajstić information content (AvgIpc) is 2.27. The Morgan fingerprint density at radius 2 is 1.94 bits per heavy atom. The van der Waals surface area contributed by atoms with Crippen molar-refractivity contribution in [3.63, 3.8) is 0 Å². The van der Waals surface area contributed by atoms with Gasteiger partial charge in [-0.25, -0.2) is 4.79 Å². The Morgan fingerprint density at radius 3 is 2.61 bits per heavy atom. The standard InChI is InChI=1S/C14H14O3S/c1-8-5-14(16)17-12-6-13(18-7-10(3)15)9(2)4-11(8)12/h4-6H,7H2,1-3H3. The van der Waals surface area contributed by atoms with Gasteiger partial charge in [-0.3, -0.25) is 4.79 Å². The molecule has 0 aliphatic carbocycles. The Morgan fingerprint density at radius 1 is 1.22 bits per heavy atom. The minimum absolute atomic E-state index is 0.130. The predicted molar refractivity (Wildman–Crippen MR) is 73.4 cm³/mol. The third kappa shape index (κ3) is 2.64. The lowest BCUT2D eigenvalue weighted by atomic mass is 10.1. The molecule has 2 aromatic rings. The second-order valence-electron chi connectivity index (χ2n) is 4.35. The maximum atomic E-state index is 11.3. The van der Waals surface area contributed by atoms with Crippen molar-refractivity contribution in [3.8, 4) is 0 Å². The van der Waals surface area contributed by atoms with Crippen LogP contribution in [0, 0.1) is 13.8 Å². The SMILES string of the molecule is CC(=O)CSc1cc2oc(=O)cc(C)c2cc1C. The zero-order valence-electron chi connectivity index (χ0n) is 10.6. The summed E-state index contributed by atoms with van der Waals surface area (Å²) in [5.74, 6) is 0.563. The topological polar surface area (TPSA) is 47.3 Å². The summed E-state index contributed by atoms with van der Waals surface area (Å²) in [7, 11) is 0. The number of ketones is 1. The molecule has 0 aliphatic rings. The van der Waals surface area contributed by atoms with Gasteiger partial charge in [-0.05, 0) is 44.0 Å². The van der Waals surface area contributed by atoms with Crippen LogP contribution in [0.1, 0.15) is 18.1 Å². The Balaban J connectivity index is 2.53. The number of thioether (sulfide) groups is 1. The van der Waals surface area contributed by atoms with Crippen LogP contribution in [0.2, 0.25) is 0 Å². The summed E-state index contributed by atoms with van der Waals surface area (Å²) < 4.78 is 5.19. The van der Waals surface area contributed by atoms with E-state index in [0.717, 1.165) is 21.4 Å². The Bertz CT molecular complexity index is 671. The number of rotatable bonds is 3. The quantitative estimate of drug-likeness (QED) is 0.630. The van der Waals surface area contributed by atoms with Gasteiger partial charge in [-0.2, -0.15) is 0 Å². The third-order valence-corrected chi connectivity index (χ3v) is 3.98. The maximum Gasteiger partial charge on any atom is 0.336 e. The minimum atomic E-state index is -0.341. The number of fused-ring (bicyclic) bond motifs is 1. The fourth-order valence-corrected chi connectivity index (χ4v) is 2.63. The number of carbonyl (C=O) groups is 1. The van der Waals surface area contributed by atoms with Gasteiger partial charge in [0.1, 0.15) is 11.4 Å². The highest BCUT2D eigenvalue weighted by Gasteiger charge is 2.08. The second kappa shape index (κ2) is 4.98. The van der Waals surface area contributed by atoms with Crippen molar-refractivity contribution < 1.29 is 9.21 Å². The molecule has 0 fully saturated rings. The molecule has 0 radical (unpaired) electrons. The summed E-state index contributed by atoms with van der Waals surface area (Å²) in [6.45, 7) is 5.45. The van der Waals surface area contributed by atoms with E-state index in [4.69, 9.17) is 4.42 Å². The first-order chi connectivity index (χ1) is 8.47. The van der Waals surface area contributed by atoms with Gasteiger partial charge in [-0.1, -0.05) is 0 Å². The largest absolute Gasteiger partial charge is 0.423 e. The van der Waals surface area contributed by atoms with Crippen LogP contribution in [0.5, 0.6) is 0 Å². The van der Waals surface area contributed by atoms with E-state index in [0.29, 0.717) is 11.3 Å². The highest BCUT2D eigenvalue weighted by Crippen LogP contribution is 2.28. The number of benzene rings is 1. The summed E-state index contributed by atoms with van der Waals surface area (Å²) >= 11 is 1.47. The van der Waals surface area contributed by atoms with Gasteiger partial charge < -0.3 is 4.42 Å². The monoisotopic (exact) mass is 262 g/mol. The summed E-state index contributed by atoms with van der Waals surface area (Å²) in [6.07, 6.45) is 0. The molecule has 94 valence electrons. The lowest BCUT2D eigenvalue weighted by Crippen LogP contribution is -1.99. The van der Waals surface area contributed by atoms with E-state index in [-0.39, 0.29) is 11.4 Å². The minimum Gasteiger partial charge on any atom is -0.423 e. The summed E-state index contributed by atoms with van der Waals surface area (Å²) in [5, 5.41) is 0.944. The first-order valence-electron chi connectivity index (χ1n) is 5.64. The molecular weight excluding hydrogens is 248 g/mol. The van der Waals surface area contributed by atoms with E-state index in [1.54, 1.807) is 6.92 Å². The van der Waals surface area contributed by atoms with Gasteiger partial charge in [-0.15, -0.1) is 11.8 Å². The summed E-state index contributed by atoms with van der Waals surface area (Å²) in [6, 6.07) is 5.33. The molecule has 0 aliphatic heterocycles. The van der Waals surface area contributed by atoms with Crippen molar-refractivity contribution in [1.82, 2.24) is 0 Å². The molecule has 1 heterocycles. The van der Waals surface area contributed by atoms with E-state index >= 15 is 0 Å². The summed E-state index contributed by atoms with van der Waals surface area (Å²) in [5.41, 5.74) is 2.24. The molecule has 0 N–H and O–H groups in total. The molecule has 18 heavy (non-hydrogen) atoms. The molecule has 0 atom stereocenters. The summed E-state index contributed by atoms with van der Waals surface area (Å²) in [4.78, 5) is 23.3. The van der Waals surface area contributed by atoms with Crippen LogP contribution >= 0.6 is 11.8 Å². The first kappa shape index (κ1) is 12.9. The van der Waals surface area contributed by atoms with Crippen LogP contribution in [0.25, 0.3) is 11.0 Å². The average molecular weight is 262 g/mol. The van der Waals surface area contributed by atoms with Crippen molar-refractivity contribution in [1.29, 1.82) is 0 Å². The molecule has 0 bridgehead atoms. The van der Waals surface area contributed by atoms with Gasteiger partial charge in [0, 0.05) is 16.3 Å². The molecule has 0 spiro atoms. The van der Waals surface area contributed by atoms with Crippen LogP contribution in [0.15, 0.2) is 32.3 Å². The van der Waals surface area contributed by atoms with Crippen LogP contribution in [-0.4, -0.2) is 11.5 Å². The van der Waals surface area contributed by atoms with Crippen molar-refractivity contribution in [3.05, 3.63) is 39.7 Å². The highest BCUT2D eigenvalue weighted by atomic mass is 32.2. The fraction of sp³-hybridized carbons (Fsp3) is 0.286. The van der Waals surface area contributed by atoms with Gasteiger partial charge in [0.2, 0.25) is 0 Å². The number of hydrogen-bond acceptors (Lipinski definition) is 4. The van der Waals surface area contributed by atoms with Crippen LogP contribution in [-0.2, 0) is 4.79 Å². The van der Waals surface area contributed by atoms with E-state index in [2.05, 4.69) is 0 Å². The fourth-order valence-electron chi connectivity index (χ4n) is 1.79. The van der Waals surface area contributed by atoms with Gasteiger partial charge >= 0.3 is 5.63 Å². The molecule has 0 saturated carbocycles. The molecule has 4 heteroatoms. The normalized spacial score (nSPS) is 10.8. The van der Waals surface area contributed by atoms with Crippen LogP contribution < -0.4 is 5.63 Å². The lowest BCUT2D eigenvalue weighted by molar-refractivity contribution is -0.114. The molecule has 3 nitrogen and oxygen atoms in total. The van der Waals surface area contributed by atoms with Gasteiger partial charge in [0.15, 0.2) is 0 Å². The lowest BCUT2D eigenvalue weighted by Gasteiger charge is -2.07.